The van der Waals surface area contributed by atoms with Crippen molar-refractivity contribution in [3.05, 3.63) is 40.4 Å². The molecule has 4 rings (SSSR count). The summed E-state index contributed by atoms with van der Waals surface area (Å²) in [6, 6.07) is 8.74. The summed E-state index contributed by atoms with van der Waals surface area (Å²) in [5.41, 5.74) is 1.11. The Labute approximate surface area is 156 Å². The van der Waals surface area contributed by atoms with Crippen LogP contribution in [0.3, 0.4) is 0 Å². The van der Waals surface area contributed by atoms with Gasteiger partial charge in [-0.05, 0) is 31.3 Å². The fraction of sp³-hybridized carbons (Fsp3) is 0.471. The summed E-state index contributed by atoms with van der Waals surface area (Å²) >= 11 is 7.18. The highest BCUT2D eigenvalue weighted by Crippen LogP contribution is 2.29. The van der Waals surface area contributed by atoms with Crippen molar-refractivity contribution in [2.24, 2.45) is 7.05 Å². The predicted molar refractivity (Wildman–Crippen MR) is 103 cm³/mol. The number of aromatic nitrogens is 4. The summed E-state index contributed by atoms with van der Waals surface area (Å²) in [6.45, 7) is 7.15. The summed E-state index contributed by atoms with van der Waals surface area (Å²) in [5, 5.41) is 5.56. The van der Waals surface area contributed by atoms with Crippen LogP contribution < -0.4 is 0 Å². The van der Waals surface area contributed by atoms with Gasteiger partial charge in [0, 0.05) is 33.2 Å². The van der Waals surface area contributed by atoms with E-state index in [-0.39, 0.29) is 0 Å². The molecule has 1 aromatic carbocycles. The van der Waals surface area contributed by atoms with E-state index in [1.165, 1.54) is 9.71 Å². The van der Waals surface area contributed by atoms with Gasteiger partial charge in [-0.3, -0.25) is 9.80 Å². The lowest BCUT2D eigenvalue weighted by atomic mass is 10.2. The van der Waals surface area contributed by atoms with Gasteiger partial charge in [0.15, 0.2) is 4.77 Å². The smallest absolute Gasteiger partial charge is 0.198 e. The molecular formula is C17H22N6S2. The molecule has 0 radical (unpaired) electrons. The van der Waals surface area contributed by atoms with Gasteiger partial charge in [0.2, 0.25) is 0 Å². The van der Waals surface area contributed by atoms with Gasteiger partial charge < -0.3 is 4.57 Å². The Morgan fingerprint density at radius 3 is 2.64 bits per heavy atom. The molecule has 1 aliphatic rings. The second-order valence-corrected chi connectivity index (χ2v) is 7.94. The number of nitrogens with zero attached hydrogens (tertiary/aromatic N) is 6. The van der Waals surface area contributed by atoms with Crippen molar-refractivity contribution in [1.82, 2.24) is 29.1 Å². The summed E-state index contributed by atoms with van der Waals surface area (Å²) in [6.07, 6.45) is 1.77. The normalized spacial score (nSPS) is 18.0. The summed E-state index contributed by atoms with van der Waals surface area (Å²) in [7, 11) is 1.93. The first kappa shape index (κ1) is 16.8. The quantitative estimate of drug-likeness (QED) is 0.657. The standard InChI is InChI=1S/C17H22N6S2/c1-13(16-19-14-5-3-4-6-15(14)25-16)22-9-7-21(8-10-22)12-23-17(24)20(2)11-18-23/h3-6,11,13H,7-10,12H2,1-2H3/t13-/m0/s1. The Hall–Kier alpha value is -1.61. The van der Waals surface area contributed by atoms with Gasteiger partial charge in [0.05, 0.1) is 22.9 Å². The highest BCUT2D eigenvalue weighted by atomic mass is 32.1. The SMILES string of the molecule is C[C@@H](c1nc2ccccc2s1)N1CCN(Cn2ncn(C)c2=S)CC1. The van der Waals surface area contributed by atoms with Crippen molar-refractivity contribution in [3.63, 3.8) is 0 Å². The topological polar surface area (TPSA) is 42.1 Å². The Bertz CT molecular complexity index is 886. The first-order chi connectivity index (χ1) is 12.1. The minimum atomic E-state index is 0.358. The van der Waals surface area contributed by atoms with Crippen LogP contribution in [0.15, 0.2) is 30.6 Å². The zero-order valence-corrected chi connectivity index (χ0v) is 16.1. The summed E-state index contributed by atoms with van der Waals surface area (Å²) in [4.78, 5) is 9.75. The van der Waals surface area contributed by atoms with Gasteiger partial charge in [-0.2, -0.15) is 5.10 Å². The number of para-hydroxylation sites is 1. The average Bonchev–Trinajstić information content (AvgIpc) is 3.20. The maximum Gasteiger partial charge on any atom is 0.198 e. The minimum absolute atomic E-state index is 0.358. The van der Waals surface area contributed by atoms with Gasteiger partial charge in [-0.25, -0.2) is 9.67 Å². The molecule has 0 bridgehead atoms. The molecule has 0 spiro atoms. The van der Waals surface area contributed by atoms with E-state index in [0.29, 0.717) is 6.04 Å². The number of hydrogen-bond donors (Lipinski definition) is 0. The zero-order chi connectivity index (χ0) is 17.4. The molecule has 1 aliphatic heterocycles. The van der Waals surface area contributed by atoms with Crippen molar-refractivity contribution in [3.8, 4) is 0 Å². The third-order valence-electron chi connectivity index (χ3n) is 4.84. The van der Waals surface area contributed by atoms with E-state index in [4.69, 9.17) is 17.2 Å². The largest absolute Gasteiger partial charge is 0.310 e. The predicted octanol–water partition coefficient (Wildman–Crippen LogP) is 2.90. The van der Waals surface area contributed by atoms with Crippen LogP contribution in [0.5, 0.6) is 0 Å². The zero-order valence-electron chi connectivity index (χ0n) is 14.5. The number of aryl methyl sites for hydroxylation is 1. The van der Waals surface area contributed by atoms with Crippen LogP contribution in [0.25, 0.3) is 10.2 Å². The minimum Gasteiger partial charge on any atom is -0.310 e. The molecule has 1 saturated heterocycles. The Balaban J connectivity index is 1.39. The van der Waals surface area contributed by atoms with E-state index in [1.54, 1.807) is 6.33 Å². The Morgan fingerprint density at radius 2 is 1.96 bits per heavy atom. The molecule has 1 atom stereocenters. The Morgan fingerprint density at radius 1 is 1.20 bits per heavy atom. The summed E-state index contributed by atoms with van der Waals surface area (Å²) in [5.74, 6) is 0. The van der Waals surface area contributed by atoms with E-state index in [0.717, 1.165) is 43.1 Å². The van der Waals surface area contributed by atoms with E-state index in [2.05, 4.69) is 46.1 Å². The fourth-order valence-corrected chi connectivity index (χ4v) is 4.43. The van der Waals surface area contributed by atoms with Crippen molar-refractivity contribution in [1.29, 1.82) is 0 Å². The van der Waals surface area contributed by atoms with E-state index < -0.39 is 0 Å². The lowest BCUT2D eigenvalue weighted by molar-refractivity contribution is 0.0788. The number of piperazine rings is 1. The first-order valence-corrected chi connectivity index (χ1v) is 9.74. The van der Waals surface area contributed by atoms with Crippen LogP contribution in [0.4, 0.5) is 0 Å². The van der Waals surface area contributed by atoms with Crippen molar-refractivity contribution < 1.29 is 0 Å². The van der Waals surface area contributed by atoms with Gasteiger partial charge in [0.25, 0.3) is 0 Å². The van der Waals surface area contributed by atoms with Crippen molar-refractivity contribution in [2.45, 2.75) is 19.6 Å². The van der Waals surface area contributed by atoms with E-state index in [1.807, 2.05) is 27.6 Å². The molecule has 0 aliphatic carbocycles. The van der Waals surface area contributed by atoms with Gasteiger partial charge >= 0.3 is 0 Å². The van der Waals surface area contributed by atoms with Crippen molar-refractivity contribution >= 4 is 33.8 Å². The third-order valence-corrected chi connectivity index (χ3v) is 6.55. The Kier molecular flexibility index (Phi) is 4.68. The molecule has 3 heterocycles. The van der Waals surface area contributed by atoms with E-state index >= 15 is 0 Å². The molecule has 3 aromatic rings. The molecule has 132 valence electrons. The highest BCUT2D eigenvalue weighted by molar-refractivity contribution is 7.71. The van der Waals surface area contributed by atoms with Crippen LogP contribution in [0.2, 0.25) is 0 Å². The van der Waals surface area contributed by atoms with E-state index in [9.17, 15) is 0 Å². The van der Waals surface area contributed by atoms with Crippen LogP contribution >= 0.6 is 23.6 Å². The van der Waals surface area contributed by atoms with Gasteiger partial charge in [-0.1, -0.05) is 12.1 Å². The molecule has 0 saturated carbocycles. The van der Waals surface area contributed by atoms with Crippen LogP contribution in [0, 0.1) is 4.77 Å². The second-order valence-electron chi connectivity index (χ2n) is 6.52. The average molecular weight is 375 g/mol. The highest BCUT2D eigenvalue weighted by Gasteiger charge is 2.24. The lowest BCUT2D eigenvalue weighted by Crippen LogP contribution is -2.47. The molecular weight excluding hydrogens is 352 g/mol. The fourth-order valence-electron chi connectivity index (χ4n) is 3.22. The lowest BCUT2D eigenvalue weighted by Gasteiger charge is -2.37. The number of fused-ring (bicyclic) bond motifs is 1. The molecule has 0 unspecified atom stereocenters. The molecule has 2 aromatic heterocycles. The molecule has 1 fully saturated rings. The number of rotatable bonds is 4. The molecule has 0 N–H and O–H groups in total. The molecule has 8 heteroatoms. The van der Waals surface area contributed by atoms with Crippen LogP contribution in [-0.2, 0) is 13.7 Å². The van der Waals surface area contributed by atoms with Gasteiger partial charge in [-0.15, -0.1) is 11.3 Å². The maximum atomic E-state index is 5.37. The van der Waals surface area contributed by atoms with Crippen molar-refractivity contribution in [2.75, 3.05) is 26.2 Å². The number of benzene rings is 1. The monoisotopic (exact) mass is 374 g/mol. The van der Waals surface area contributed by atoms with Crippen LogP contribution in [-0.4, -0.2) is 55.3 Å². The third kappa shape index (κ3) is 3.39. The number of hydrogen-bond acceptors (Lipinski definition) is 6. The maximum absolute atomic E-state index is 5.37. The molecule has 25 heavy (non-hydrogen) atoms. The van der Waals surface area contributed by atoms with Gasteiger partial charge in [0.1, 0.15) is 11.3 Å². The molecule has 6 nitrogen and oxygen atoms in total. The first-order valence-electron chi connectivity index (χ1n) is 8.52. The number of thiazole rings is 1. The second kappa shape index (κ2) is 6.95. The summed E-state index contributed by atoms with van der Waals surface area (Å²) < 4.78 is 5.81. The molecule has 0 amide bonds. The van der Waals surface area contributed by atoms with Crippen LogP contribution in [0.1, 0.15) is 18.0 Å².